The number of carbonyl (C=O) groups is 1. The number of rotatable bonds is 3. The molecule has 122 valence electrons. The highest BCUT2D eigenvalue weighted by atomic mass is 79.9. The molecular formula is C15H9BrN2O6. The molecule has 0 N–H and O–H groups in total. The number of alkyl halides is 1. The van der Waals surface area contributed by atoms with Gasteiger partial charge in [0, 0.05) is 22.0 Å². The Labute approximate surface area is 143 Å². The molecule has 1 heterocycles. The largest absolute Gasteiger partial charge is 0.475 e. The zero-order valence-electron chi connectivity index (χ0n) is 11.9. The van der Waals surface area contributed by atoms with E-state index < -0.39 is 26.2 Å². The van der Waals surface area contributed by atoms with E-state index >= 15 is 0 Å². The fourth-order valence-electron chi connectivity index (χ4n) is 2.59. The van der Waals surface area contributed by atoms with E-state index in [0.717, 1.165) is 0 Å². The Balaban J connectivity index is 2.25. The fraction of sp³-hybridized carbons (Fsp3) is 0.133. The Morgan fingerprint density at radius 1 is 1.04 bits per heavy atom. The molecule has 0 amide bonds. The van der Waals surface area contributed by atoms with Crippen LogP contribution in [0.4, 0.5) is 5.69 Å². The molecule has 0 saturated heterocycles. The van der Waals surface area contributed by atoms with Gasteiger partial charge in [0.2, 0.25) is 6.10 Å². The maximum atomic E-state index is 12.7. The van der Waals surface area contributed by atoms with E-state index in [0.29, 0.717) is 0 Å². The molecule has 0 radical (unpaired) electrons. The lowest BCUT2D eigenvalue weighted by Crippen LogP contribution is -2.50. The molecular weight excluding hydrogens is 384 g/mol. The van der Waals surface area contributed by atoms with Gasteiger partial charge in [0.15, 0.2) is 0 Å². The molecule has 2 atom stereocenters. The van der Waals surface area contributed by atoms with Crippen LogP contribution >= 0.6 is 15.9 Å². The molecule has 9 heteroatoms. The van der Waals surface area contributed by atoms with Crippen LogP contribution in [0.15, 0.2) is 48.5 Å². The van der Waals surface area contributed by atoms with E-state index in [1.54, 1.807) is 12.1 Å². The monoisotopic (exact) mass is 392 g/mol. The molecule has 8 nitrogen and oxygen atoms in total. The first kappa shape index (κ1) is 16.1. The van der Waals surface area contributed by atoms with Crippen molar-refractivity contribution in [3.8, 4) is 5.75 Å². The minimum absolute atomic E-state index is 0.0425. The minimum Gasteiger partial charge on any atom is -0.475 e. The molecule has 0 aliphatic carbocycles. The summed E-state index contributed by atoms with van der Waals surface area (Å²) in [6.45, 7) is 0. The van der Waals surface area contributed by atoms with Crippen LogP contribution in [0.3, 0.4) is 0 Å². The van der Waals surface area contributed by atoms with Crippen LogP contribution in [0.1, 0.15) is 22.0 Å². The van der Waals surface area contributed by atoms with Crippen molar-refractivity contribution in [1.82, 2.24) is 0 Å². The van der Waals surface area contributed by atoms with Gasteiger partial charge < -0.3 is 4.74 Å². The highest BCUT2D eigenvalue weighted by Gasteiger charge is 2.62. The second-order valence-corrected chi connectivity index (χ2v) is 6.28. The molecule has 0 spiro atoms. The van der Waals surface area contributed by atoms with E-state index in [4.69, 9.17) is 4.74 Å². The summed E-state index contributed by atoms with van der Waals surface area (Å²) in [7, 11) is 0. The maximum absolute atomic E-state index is 12.7. The summed E-state index contributed by atoms with van der Waals surface area (Å²) < 4.78 is 3.29. The summed E-state index contributed by atoms with van der Waals surface area (Å²) >= 11 is 2.89. The van der Waals surface area contributed by atoms with E-state index in [9.17, 15) is 25.0 Å². The number of carbonyl (C=O) groups excluding carboxylic acids is 1. The summed E-state index contributed by atoms with van der Waals surface area (Å²) in [5.41, 5.74) is -0.375. The van der Waals surface area contributed by atoms with Crippen molar-refractivity contribution in [1.29, 1.82) is 0 Å². The van der Waals surface area contributed by atoms with Gasteiger partial charge in [0.05, 0.1) is 21.0 Å². The number of hydrogen-bond acceptors (Lipinski definition) is 6. The molecule has 0 aromatic heterocycles. The van der Waals surface area contributed by atoms with Crippen LogP contribution in [0, 0.1) is 20.2 Å². The Kier molecular flexibility index (Phi) is 3.80. The van der Waals surface area contributed by atoms with Crippen molar-refractivity contribution < 1.29 is 19.4 Å². The van der Waals surface area contributed by atoms with Crippen molar-refractivity contribution in [2.45, 2.75) is 10.6 Å². The molecule has 0 fully saturated rings. The number of ketones is 1. The Bertz CT molecular complexity index is 871. The predicted molar refractivity (Wildman–Crippen MR) is 85.9 cm³/mol. The molecule has 0 saturated carbocycles. The predicted octanol–water partition coefficient (Wildman–Crippen LogP) is 3.28. The van der Waals surface area contributed by atoms with Crippen molar-refractivity contribution in [3.63, 3.8) is 0 Å². The number of fused-ring (bicyclic) bond motifs is 1. The molecule has 3 rings (SSSR count). The average Bonchev–Trinajstić information content (AvgIpc) is 2.58. The third-order valence-corrected chi connectivity index (χ3v) is 4.79. The van der Waals surface area contributed by atoms with Crippen LogP contribution in [0.5, 0.6) is 5.75 Å². The van der Waals surface area contributed by atoms with Gasteiger partial charge in [0.1, 0.15) is 5.75 Å². The number of Topliss-reactive ketones (excluding diaryl/α,β-unsaturated/α-hetero) is 1. The lowest BCUT2D eigenvalue weighted by molar-refractivity contribution is -0.530. The number of nitro benzene ring substituents is 1. The van der Waals surface area contributed by atoms with E-state index in [1.165, 1.54) is 36.4 Å². The Morgan fingerprint density at radius 3 is 2.33 bits per heavy atom. The maximum Gasteiger partial charge on any atom is 0.376 e. The fourth-order valence-corrected chi connectivity index (χ4v) is 3.15. The van der Waals surface area contributed by atoms with Gasteiger partial charge in [-0.25, -0.2) is 0 Å². The van der Waals surface area contributed by atoms with E-state index in [2.05, 4.69) is 15.9 Å². The number of nitrogens with zero attached hydrogens (tertiary/aromatic N) is 2. The van der Waals surface area contributed by atoms with Crippen LogP contribution in [-0.2, 0) is 0 Å². The van der Waals surface area contributed by atoms with Crippen LogP contribution < -0.4 is 4.74 Å². The second kappa shape index (κ2) is 5.68. The number of ether oxygens (including phenoxy) is 1. The topological polar surface area (TPSA) is 113 Å². The number of hydrogen-bond donors (Lipinski definition) is 0. The SMILES string of the molecule is O=C1c2ccccc2O[C@H](c2ccccc2[N+](=O)[O-])[C@@]1(Br)[N+](=O)[O-]. The number of halogens is 1. The highest BCUT2D eigenvalue weighted by molar-refractivity contribution is 9.10. The first-order valence-electron chi connectivity index (χ1n) is 6.74. The molecule has 1 aliphatic heterocycles. The molecule has 1 aliphatic rings. The van der Waals surface area contributed by atoms with E-state index in [1.807, 2.05) is 0 Å². The summed E-state index contributed by atoms with van der Waals surface area (Å²) in [4.78, 5) is 34.1. The van der Waals surface area contributed by atoms with Gasteiger partial charge in [-0.05, 0) is 18.2 Å². The van der Waals surface area contributed by atoms with Crippen LogP contribution in [-0.4, -0.2) is 20.1 Å². The zero-order chi connectivity index (χ0) is 17.5. The van der Waals surface area contributed by atoms with Crippen molar-refractivity contribution in [3.05, 3.63) is 79.9 Å². The summed E-state index contributed by atoms with van der Waals surface area (Å²) in [6, 6.07) is 11.5. The van der Waals surface area contributed by atoms with Gasteiger partial charge in [0.25, 0.3) is 11.5 Å². The van der Waals surface area contributed by atoms with Gasteiger partial charge in [-0.15, -0.1) is 0 Å². The zero-order valence-corrected chi connectivity index (χ0v) is 13.5. The lowest BCUT2D eigenvalue weighted by Gasteiger charge is -2.32. The average molecular weight is 393 g/mol. The summed E-state index contributed by atoms with van der Waals surface area (Å²) in [6.07, 6.45) is -1.49. The standard InChI is InChI=1S/C15H9BrN2O6/c16-15(18(22)23)13(19)10-6-2-4-8-12(10)24-14(15)9-5-1-3-7-11(9)17(20)21/h1-8,14H/t14-,15+/m1/s1. The van der Waals surface area contributed by atoms with Crippen molar-refractivity contribution >= 4 is 27.4 Å². The van der Waals surface area contributed by atoms with Gasteiger partial charge >= 0.3 is 4.45 Å². The number of benzene rings is 2. The minimum atomic E-state index is -2.35. The lowest BCUT2D eigenvalue weighted by atomic mass is 9.91. The normalized spacial score (nSPS) is 22.4. The van der Waals surface area contributed by atoms with E-state index in [-0.39, 0.29) is 22.6 Å². The number of nitro groups is 2. The van der Waals surface area contributed by atoms with Crippen molar-refractivity contribution in [2.24, 2.45) is 0 Å². The first-order valence-corrected chi connectivity index (χ1v) is 7.54. The Morgan fingerprint density at radius 2 is 1.67 bits per heavy atom. The van der Waals surface area contributed by atoms with Crippen molar-refractivity contribution in [2.75, 3.05) is 0 Å². The van der Waals surface area contributed by atoms with Gasteiger partial charge in [-0.1, -0.05) is 24.3 Å². The van der Waals surface area contributed by atoms with Gasteiger partial charge in [-0.2, -0.15) is 0 Å². The van der Waals surface area contributed by atoms with Gasteiger partial charge in [-0.3, -0.25) is 25.0 Å². The highest BCUT2D eigenvalue weighted by Crippen LogP contribution is 2.48. The third kappa shape index (κ3) is 2.24. The number of para-hydroxylation sites is 2. The third-order valence-electron chi connectivity index (χ3n) is 3.72. The van der Waals surface area contributed by atoms with Crippen LogP contribution in [0.2, 0.25) is 0 Å². The Hall–Kier alpha value is -2.81. The molecule has 0 bridgehead atoms. The molecule has 0 unspecified atom stereocenters. The molecule has 24 heavy (non-hydrogen) atoms. The summed E-state index contributed by atoms with van der Waals surface area (Å²) in [5, 5.41) is 22.9. The summed E-state index contributed by atoms with van der Waals surface area (Å²) in [5.74, 6) is -0.680. The van der Waals surface area contributed by atoms with Crippen LogP contribution in [0.25, 0.3) is 0 Å². The smallest absolute Gasteiger partial charge is 0.376 e. The molecule has 2 aromatic carbocycles. The second-order valence-electron chi connectivity index (χ2n) is 5.07. The quantitative estimate of drug-likeness (QED) is 0.342. The molecule has 2 aromatic rings. The first-order chi connectivity index (χ1) is 11.4.